The molecule has 1 aliphatic rings. The molecule has 0 radical (unpaired) electrons. The number of nitrogens with zero attached hydrogens (tertiary/aromatic N) is 2. The van der Waals surface area contributed by atoms with Gasteiger partial charge in [0.25, 0.3) is 0 Å². The number of ether oxygens (including phenoxy) is 3. The summed E-state index contributed by atoms with van der Waals surface area (Å²) in [6.07, 6.45) is 13.0. The molecule has 1 saturated heterocycles. The van der Waals surface area contributed by atoms with Gasteiger partial charge in [-0.3, -0.25) is 9.63 Å². The van der Waals surface area contributed by atoms with Crippen LogP contribution in [-0.4, -0.2) is 90.2 Å². The molecule has 1 unspecified atom stereocenters. The molecule has 1 atom stereocenters. The Bertz CT molecular complexity index is 884. The zero-order valence-corrected chi connectivity index (χ0v) is 30.5. The van der Waals surface area contributed by atoms with Crippen LogP contribution in [0, 0.1) is 0 Å². The monoisotopic (exact) mass is 653 g/mol. The molecule has 0 aromatic rings. The van der Waals surface area contributed by atoms with Gasteiger partial charge in [-0.05, 0) is 67.0 Å². The Balaban J connectivity index is 2.77. The lowest BCUT2D eigenvalue weighted by Crippen LogP contribution is -2.62. The summed E-state index contributed by atoms with van der Waals surface area (Å²) >= 11 is 0. The highest BCUT2D eigenvalue weighted by Crippen LogP contribution is 2.40. The summed E-state index contributed by atoms with van der Waals surface area (Å²) in [6, 6.07) is 0. The lowest BCUT2D eigenvalue weighted by atomic mass is 9.80. The van der Waals surface area contributed by atoms with E-state index in [4.69, 9.17) is 19.0 Å². The van der Waals surface area contributed by atoms with Gasteiger partial charge in [-0.2, -0.15) is 5.06 Å². The number of amides is 1. The van der Waals surface area contributed by atoms with Gasteiger partial charge in [0.1, 0.15) is 24.9 Å². The number of hydrogen-bond donors (Lipinski definition) is 1. The molecule has 0 saturated carbocycles. The van der Waals surface area contributed by atoms with Crippen LogP contribution >= 0.6 is 0 Å². The molecule has 10 heteroatoms. The quantitative estimate of drug-likeness (QED) is 0.0495. The number of esters is 2. The highest BCUT2D eigenvalue weighted by atomic mass is 16.7. The van der Waals surface area contributed by atoms with E-state index in [-0.39, 0.29) is 42.8 Å². The van der Waals surface area contributed by atoms with Crippen molar-refractivity contribution in [3.05, 3.63) is 12.7 Å². The minimum atomic E-state index is -1.19. The van der Waals surface area contributed by atoms with Crippen LogP contribution in [0.25, 0.3) is 0 Å². The van der Waals surface area contributed by atoms with E-state index in [0.29, 0.717) is 26.0 Å². The van der Waals surface area contributed by atoms with Gasteiger partial charge in [-0.25, -0.2) is 9.59 Å². The molecule has 1 rings (SSSR count). The Morgan fingerprint density at radius 2 is 1.39 bits per heavy atom. The van der Waals surface area contributed by atoms with Crippen LogP contribution in [0.5, 0.6) is 0 Å². The van der Waals surface area contributed by atoms with Crippen LogP contribution in [0.2, 0.25) is 0 Å². The molecule has 10 nitrogen and oxygen atoms in total. The van der Waals surface area contributed by atoms with Gasteiger partial charge in [0.05, 0.1) is 13.0 Å². The van der Waals surface area contributed by atoms with E-state index in [1.165, 1.54) is 25.7 Å². The molecule has 1 aliphatic heterocycles. The predicted octanol–water partition coefficient (Wildman–Crippen LogP) is 7.35. The number of carbonyl (C=O) groups is 3. The normalized spacial score (nSPS) is 17.7. The Morgan fingerprint density at radius 1 is 0.848 bits per heavy atom. The van der Waals surface area contributed by atoms with Gasteiger partial charge in [0.2, 0.25) is 0 Å². The highest BCUT2D eigenvalue weighted by molar-refractivity contribution is 5.81. The Kier molecular flexibility index (Phi) is 19.7. The van der Waals surface area contributed by atoms with E-state index in [9.17, 15) is 14.4 Å². The molecule has 1 amide bonds. The van der Waals surface area contributed by atoms with Crippen molar-refractivity contribution in [3.8, 4) is 0 Å². The molecular weight excluding hydrogens is 586 g/mol. The van der Waals surface area contributed by atoms with Crippen molar-refractivity contribution < 1.29 is 33.4 Å². The first-order valence-corrected chi connectivity index (χ1v) is 17.8. The Labute approximate surface area is 280 Å². The molecule has 0 bridgehead atoms. The van der Waals surface area contributed by atoms with Gasteiger partial charge in [0, 0.05) is 36.5 Å². The number of carbonyl (C=O) groups excluding carboxylic acids is 3. The van der Waals surface area contributed by atoms with E-state index in [0.717, 1.165) is 57.7 Å². The van der Waals surface area contributed by atoms with E-state index < -0.39 is 17.6 Å². The van der Waals surface area contributed by atoms with Crippen molar-refractivity contribution in [1.29, 1.82) is 0 Å². The lowest BCUT2D eigenvalue weighted by Gasteiger charge is -2.53. The Morgan fingerprint density at radius 3 is 1.96 bits per heavy atom. The van der Waals surface area contributed by atoms with Crippen molar-refractivity contribution in [3.63, 3.8) is 0 Å². The minimum absolute atomic E-state index is 0.170. The zero-order valence-electron chi connectivity index (χ0n) is 30.5. The molecule has 0 aromatic carbocycles. The van der Waals surface area contributed by atoms with Crippen molar-refractivity contribution in [2.24, 2.45) is 0 Å². The van der Waals surface area contributed by atoms with Crippen molar-refractivity contribution >= 4 is 18.0 Å². The summed E-state index contributed by atoms with van der Waals surface area (Å²) in [4.78, 5) is 46.4. The summed E-state index contributed by atoms with van der Waals surface area (Å²) in [6.45, 7) is 22.9. The standard InChI is InChI=1S/C36H67N3O7/c1-10-14-17-18-19-20-25-45-39-34(5,6)26-30(27-35(39,7)8)46-33(42)37-36(9,28-43-31(40)13-4)29-44-32(41)21-24-38(22-15-11-2)23-16-12-3/h13,30H,4,10-12,14-29H2,1-3,5-9H3,(H,37,42). The van der Waals surface area contributed by atoms with Gasteiger partial charge in [-0.15, -0.1) is 0 Å². The second kappa shape index (κ2) is 21.7. The third-order valence-corrected chi connectivity index (χ3v) is 8.49. The maximum absolute atomic E-state index is 13.2. The number of piperidine rings is 1. The second-order valence-corrected chi connectivity index (χ2v) is 14.4. The molecule has 0 aromatic heterocycles. The molecule has 0 spiro atoms. The Hall–Kier alpha value is -2.17. The third kappa shape index (κ3) is 16.6. The number of hydroxylamine groups is 2. The average Bonchev–Trinajstić information content (AvgIpc) is 2.98. The maximum Gasteiger partial charge on any atom is 0.408 e. The number of rotatable bonds is 24. The summed E-state index contributed by atoms with van der Waals surface area (Å²) < 4.78 is 16.8. The van der Waals surface area contributed by atoms with Crippen molar-refractivity contribution in [2.75, 3.05) is 39.5 Å². The van der Waals surface area contributed by atoms with Crippen molar-refractivity contribution in [2.45, 2.75) is 162 Å². The fourth-order valence-corrected chi connectivity index (χ4v) is 6.13. The lowest BCUT2D eigenvalue weighted by molar-refractivity contribution is -0.292. The molecule has 1 heterocycles. The zero-order chi connectivity index (χ0) is 34.6. The van der Waals surface area contributed by atoms with Crippen LogP contribution in [0.4, 0.5) is 4.79 Å². The van der Waals surface area contributed by atoms with Crippen molar-refractivity contribution in [1.82, 2.24) is 15.3 Å². The minimum Gasteiger partial charge on any atom is -0.463 e. The number of nitrogens with one attached hydrogen (secondary N) is 1. The first-order valence-electron chi connectivity index (χ1n) is 17.8. The van der Waals surface area contributed by atoms with E-state index in [1.54, 1.807) is 6.92 Å². The topological polar surface area (TPSA) is 107 Å². The van der Waals surface area contributed by atoms with E-state index >= 15 is 0 Å². The predicted molar refractivity (Wildman–Crippen MR) is 183 cm³/mol. The van der Waals surface area contributed by atoms with Crippen LogP contribution in [0.3, 0.4) is 0 Å². The first kappa shape index (κ1) is 41.9. The van der Waals surface area contributed by atoms with E-state index in [2.05, 4.69) is 70.3 Å². The third-order valence-electron chi connectivity index (χ3n) is 8.49. The first-order chi connectivity index (χ1) is 21.7. The van der Waals surface area contributed by atoms with Gasteiger partial charge >= 0.3 is 18.0 Å². The van der Waals surface area contributed by atoms with Crippen LogP contribution in [-0.2, 0) is 28.6 Å². The fraction of sp³-hybridized carbons (Fsp3) is 0.861. The molecule has 0 aliphatic carbocycles. The maximum atomic E-state index is 13.2. The highest BCUT2D eigenvalue weighted by Gasteiger charge is 2.48. The summed E-state index contributed by atoms with van der Waals surface area (Å²) in [7, 11) is 0. The molecular formula is C36H67N3O7. The molecule has 1 fully saturated rings. The smallest absolute Gasteiger partial charge is 0.408 e. The largest absolute Gasteiger partial charge is 0.463 e. The summed E-state index contributed by atoms with van der Waals surface area (Å²) in [5.41, 5.74) is -1.92. The van der Waals surface area contributed by atoms with Gasteiger partial charge in [0.15, 0.2) is 0 Å². The van der Waals surface area contributed by atoms with Gasteiger partial charge < -0.3 is 24.4 Å². The summed E-state index contributed by atoms with van der Waals surface area (Å²) in [5, 5.41) is 4.90. The number of alkyl carbamates (subject to hydrolysis) is 1. The SMILES string of the molecule is C=CC(=O)OCC(C)(COC(=O)CCN(CCCC)CCCC)NC(=O)OC1CC(C)(C)N(OCCCCCCCC)C(C)(C)C1. The summed E-state index contributed by atoms with van der Waals surface area (Å²) in [5.74, 6) is -1.00. The molecule has 268 valence electrons. The van der Waals surface area contributed by atoms with Crippen LogP contribution in [0.15, 0.2) is 12.7 Å². The van der Waals surface area contributed by atoms with Crippen LogP contribution < -0.4 is 5.32 Å². The molecule has 1 N–H and O–H groups in total. The second-order valence-electron chi connectivity index (χ2n) is 14.4. The average molecular weight is 654 g/mol. The van der Waals surface area contributed by atoms with E-state index in [1.807, 2.05) is 0 Å². The number of hydrogen-bond acceptors (Lipinski definition) is 9. The van der Waals surface area contributed by atoms with Gasteiger partial charge in [-0.1, -0.05) is 72.3 Å². The fourth-order valence-electron chi connectivity index (χ4n) is 6.13. The number of unbranched alkanes of at least 4 members (excludes halogenated alkanes) is 7. The van der Waals surface area contributed by atoms with Crippen LogP contribution in [0.1, 0.15) is 139 Å². The molecule has 46 heavy (non-hydrogen) atoms.